The zero-order chi connectivity index (χ0) is 22.7. The first-order valence-corrected chi connectivity index (χ1v) is 11.6. The van der Waals surface area contributed by atoms with Crippen LogP contribution in [0.25, 0.3) is 16.4 Å². The highest BCUT2D eigenvalue weighted by Crippen LogP contribution is 2.28. The fourth-order valence-corrected chi connectivity index (χ4v) is 4.91. The second-order valence-electron chi connectivity index (χ2n) is 8.57. The van der Waals surface area contributed by atoms with Gasteiger partial charge in [0.15, 0.2) is 0 Å². The number of hydrogen-bond donors (Lipinski definition) is 1. The van der Waals surface area contributed by atoms with Crippen LogP contribution < -0.4 is 15.6 Å². The fraction of sp³-hybridized carbons (Fsp3) is 0.542. The van der Waals surface area contributed by atoms with Crippen LogP contribution in [-0.2, 0) is 11.3 Å². The number of benzene rings is 1. The molecular weight excluding hydrogens is 406 g/mol. The molecule has 1 aliphatic rings. The van der Waals surface area contributed by atoms with E-state index in [4.69, 9.17) is 4.74 Å². The maximum absolute atomic E-state index is 13.0. The van der Waals surface area contributed by atoms with Gasteiger partial charge in [-0.05, 0) is 57.4 Å². The van der Waals surface area contributed by atoms with Crippen LogP contribution >= 0.6 is 0 Å². The molecule has 172 valence electrons. The van der Waals surface area contributed by atoms with Gasteiger partial charge in [0.1, 0.15) is 23.6 Å². The Morgan fingerprint density at radius 1 is 1.28 bits per heavy atom. The van der Waals surface area contributed by atoms with Crippen LogP contribution in [0.15, 0.2) is 29.1 Å². The van der Waals surface area contributed by atoms with Gasteiger partial charge in [0.05, 0.1) is 12.6 Å². The molecule has 1 saturated heterocycles. The second-order valence-corrected chi connectivity index (χ2v) is 8.57. The van der Waals surface area contributed by atoms with Crippen LogP contribution in [0, 0.1) is 6.92 Å². The number of nitrogens with one attached hydrogen (secondary N) is 1. The van der Waals surface area contributed by atoms with Crippen LogP contribution in [0.1, 0.15) is 44.9 Å². The lowest BCUT2D eigenvalue weighted by Crippen LogP contribution is -2.41. The Hall–Kier alpha value is -2.87. The van der Waals surface area contributed by atoms with Crippen molar-refractivity contribution in [3.63, 3.8) is 0 Å². The minimum absolute atomic E-state index is 0.0872. The summed E-state index contributed by atoms with van der Waals surface area (Å²) in [7, 11) is 1.61. The monoisotopic (exact) mass is 439 g/mol. The van der Waals surface area contributed by atoms with Crippen molar-refractivity contribution in [2.24, 2.45) is 0 Å². The summed E-state index contributed by atoms with van der Waals surface area (Å²) in [5, 5.41) is 8.20. The minimum atomic E-state index is -0.289. The first-order valence-electron chi connectivity index (χ1n) is 11.6. The smallest absolute Gasteiger partial charge is 0.291 e. The van der Waals surface area contributed by atoms with Crippen molar-refractivity contribution < 1.29 is 9.53 Å². The van der Waals surface area contributed by atoms with E-state index in [0.29, 0.717) is 29.7 Å². The molecule has 3 aromatic rings. The van der Waals surface area contributed by atoms with Gasteiger partial charge in [-0.2, -0.15) is 5.10 Å². The number of rotatable bonds is 8. The molecule has 2 aromatic heterocycles. The summed E-state index contributed by atoms with van der Waals surface area (Å²) in [4.78, 5) is 28.1. The number of piperidine rings is 1. The van der Waals surface area contributed by atoms with E-state index in [2.05, 4.69) is 22.2 Å². The molecule has 0 bridgehead atoms. The van der Waals surface area contributed by atoms with Crippen LogP contribution in [0.4, 0.5) is 0 Å². The van der Waals surface area contributed by atoms with Crippen LogP contribution in [0.2, 0.25) is 0 Å². The van der Waals surface area contributed by atoms with Gasteiger partial charge in [-0.1, -0.05) is 19.4 Å². The molecule has 3 heterocycles. The third-order valence-electron chi connectivity index (χ3n) is 6.53. The first-order chi connectivity index (χ1) is 15.5. The molecule has 1 N–H and O–H groups in total. The molecule has 0 spiro atoms. The van der Waals surface area contributed by atoms with Crippen molar-refractivity contribution >= 4 is 22.3 Å². The Balaban J connectivity index is 1.42. The molecule has 1 amide bonds. The van der Waals surface area contributed by atoms with E-state index in [1.807, 2.05) is 35.6 Å². The topological polar surface area (TPSA) is 80.9 Å². The molecule has 32 heavy (non-hydrogen) atoms. The molecule has 0 aliphatic carbocycles. The van der Waals surface area contributed by atoms with Gasteiger partial charge in [0, 0.05) is 24.5 Å². The van der Waals surface area contributed by atoms with Crippen LogP contribution in [0.3, 0.4) is 0 Å². The molecular formula is C24H33N5O3. The summed E-state index contributed by atoms with van der Waals surface area (Å²) in [5.41, 5.74) is 1.06. The summed E-state index contributed by atoms with van der Waals surface area (Å²) in [5.74, 6) is 1.15. The van der Waals surface area contributed by atoms with E-state index in [-0.39, 0.29) is 18.0 Å². The Morgan fingerprint density at radius 3 is 2.91 bits per heavy atom. The Morgan fingerprint density at radius 2 is 2.12 bits per heavy atom. The van der Waals surface area contributed by atoms with Gasteiger partial charge in [-0.15, -0.1) is 0 Å². The lowest BCUT2D eigenvalue weighted by molar-refractivity contribution is -0.121. The SMILES string of the molecule is CC[C@H]1CCCCN1CCCNC(=O)Cn1nc(C)n2c(cc3c(OC)cccc32)c1=O. The molecule has 4 rings (SSSR count). The number of aryl methyl sites for hydroxylation is 1. The van der Waals surface area contributed by atoms with Crippen molar-refractivity contribution in [2.75, 3.05) is 26.7 Å². The van der Waals surface area contributed by atoms with Crippen molar-refractivity contribution in [3.05, 3.63) is 40.4 Å². The molecule has 8 nitrogen and oxygen atoms in total. The normalized spacial score (nSPS) is 17.2. The largest absolute Gasteiger partial charge is 0.496 e. The number of ether oxygens (including phenoxy) is 1. The average molecular weight is 440 g/mol. The number of carbonyl (C=O) groups excluding carboxylic acids is 1. The lowest BCUT2D eigenvalue weighted by Gasteiger charge is -2.35. The van der Waals surface area contributed by atoms with Gasteiger partial charge in [0.25, 0.3) is 5.56 Å². The number of aromatic nitrogens is 3. The van der Waals surface area contributed by atoms with E-state index >= 15 is 0 Å². The quantitative estimate of drug-likeness (QED) is 0.546. The predicted molar refractivity (Wildman–Crippen MR) is 125 cm³/mol. The fourth-order valence-electron chi connectivity index (χ4n) is 4.91. The standard InChI is InChI=1S/C24H33N5O3/c1-4-18-9-5-6-13-27(18)14-8-12-25-23(30)16-28-24(31)21-15-19-20(29(21)17(2)26-28)10-7-11-22(19)32-3/h7,10-11,15,18H,4-6,8-9,12-14,16H2,1-3H3,(H,25,30)/t18-/m0/s1. The van der Waals surface area contributed by atoms with Gasteiger partial charge >= 0.3 is 0 Å². The third kappa shape index (κ3) is 4.37. The molecule has 1 aromatic carbocycles. The number of hydrogen-bond acceptors (Lipinski definition) is 5. The van der Waals surface area contributed by atoms with Crippen molar-refractivity contribution in [3.8, 4) is 5.75 Å². The van der Waals surface area contributed by atoms with E-state index in [1.165, 1.54) is 30.4 Å². The molecule has 8 heteroatoms. The van der Waals surface area contributed by atoms with Crippen molar-refractivity contribution in [2.45, 2.75) is 58.5 Å². The highest BCUT2D eigenvalue weighted by molar-refractivity contribution is 5.92. The minimum Gasteiger partial charge on any atom is -0.496 e. The number of methoxy groups -OCH3 is 1. The Kier molecular flexibility index (Phi) is 6.79. The maximum Gasteiger partial charge on any atom is 0.291 e. The number of fused-ring (bicyclic) bond motifs is 3. The average Bonchev–Trinajstić information content (AvgIpc) is 3.21. The van der Waals surface area contributed by atoms with E-state index < -0.39 is 0 Å². The molecule has 1 atom stereocenters. The van der Waals surface area contributed by atoms with Crippen molar-refractivity contribution in [1.29, 1.82) is 0 Å². The highest BCUT2D eigenvalue weighted by Gasteiger charge is 2.20. The third-order valence-corrected chi connectivity index (χ3v) is 6.53. The van der Waals surface area contributed by atoms with Gasteiger partial charge in [-0.25, -0.2) is 4.68 Å². The summed E-state index contributed by atoms with van der Waals surface area (Å²) >= 11 is 0. The second kappa shape index (κ2) is 9.73. The van der Waals surface area contributed by atoms with Crippen LogP contribution in [-0.4, -0.2) is 57.8 Å². The maximum atomic E-state index is 13.0. The zero-order valence-electron chi connectivity index (χ0n) is 19.3. The molecule has 0 radical (unpaired) electrons. The molecule has 0 unspecified atom stereocenters. The Labute approximate surface area is 188 Å². The van der Waals surface area contributed by atoms with E-state index in [9.17, 15) is 9.59 Å². The van der Waals surface area contributed by atoms with Gasteiger partial charge in [-0.3, -0.25) is 14.0 Å². The summed E-state index contributed by atoms with van der Waals surface area (Å²) in [6.07, 6.45) is 5.96. The highest BCUT2D eigenvalue weighted by atomic mass is 16.5. The summed E-state index contributed by atoms with van der Waals surface area (Å²) < 4.78 is 8.50. The van der Waals surface area contributed by atoms with Crippen molar-refractivity contribution in [1.82, 2.24) is 24.4 Å². The molecule has 0 saturated carbocycles. The number of carbonyl (C=O) groups is 1. The molecule has 1 aliphatic heterocycles. The van der Waals surface area contributed by atoms with Gasteiger partial charge < -0.3 is 15.0 Å². The number of nitrogens with zero attached hydrogens (tertiary/aromatic N) is 4. The molecule has 1 fully saturated rings. The Bertz CT molecular complexity index is 1170. The van der Waals surface area contributed by atoms with E-state index in [1.54, 1.807) is 7.11 Å². The summed E-state index contributed by atoms with van der Waals surface area (Å²) in [6.45, 7) is 6.76. The van der Waals surface area contributed by atoms with Crippen LogP contribution in [0.5, 0.6) is 5.75 Å². The van der Waals surface area contributed by atoms with Gasteiger partial charge in [0.2, 0.25) is 5.91 Å². The predicted octanol–water partition coefficient (Wildman–Crippen LogP) is 2.74. The summed E-state index contributed by atoms with van der Waals surface area (Å²) in [6, 6.07) is 8.17. The lowest BCUT2D eigenvalue weighted by atomic mass is 10.00. The van der Waals surface area contributed by atoms with E-state index in [0.717, 1.165) is 30.4 Å². The zero-order valence-corrected chi connectivity index (χ0v) is 19.3. The number of amides is 1. The number of likely N-dealkylation sites (tertiary alicyclic amines) is 1. The first kappa shape index (κ1) is 22.3.